The zero-order valence-electron chi connectivity index (χ0n) is 20.2. The van der Waals surface area contributed by atoms with Crippen LogP contribution in [0.15, 0.2) is 121 Å². The Kier molecular flexibility index (Phi) is 4.66. The van der Waals surface area contributed by atoms with Gasteiger partial charge in [0.05, 0.1) is 11.0 Å². The van der Waals surface area contributed by atoms with Crippen LogP contribution in [0.2, 0.25) is 0 Å². The fourth-order valence-corrected chi connectivity index (χ4v) is 6.50. The van der Waals surface area contributed by atoms with E-state index in [-0.39, 0.29) is 0 Å². The molecule has 0 saturated carbocycles. The van der Waals surface area contributed by atoms with E-state index in [1.54, 1.807) is 0 Å². The van der Waals surface area contributed by atoms with Crippen molar-refractivity contribution in [2.24, 2.45) is 0 Å². The van der Waals surface area contributed by atoms with Crippen LogP contribution in [0.4, 0.5) is 0 Å². The summed E-state index contributed by atoms with van der Waals surface area (Å²) in [6.45, 7) is 0. The van der Waals surface area contributed by atoms with Crippen LogP contribution in [0, 0.1) is 0 Å². The Morgan fingerprint density at radius 3 is 1.76 bits per heavy atom. The van der Waals surface area contributed by atoms with Crippen LogP contribution < -0.4 is 0 Å². The quantitative estimate of drug-likeness (QED) is 0.242. The average molecular weight is 505 g/mol. The standard InChI is InChI=1S/C33H20N4S/c1-3-11-21(12-4-1)31-34-32(22-13-5-2-6-14-22)36-33(35-31)37-25-17-9-7-15-23(25)29-26(37)19-20-28-30(29)24-16-8-10-18-27(24)38-28/h1-20H. The van der Waals surface area contributed by atoms with Gasteiger partial charge < -0.3 is 0 Å². The van der Waals surface area contributed by atoms with Gasteiger partial charge in [-0.25, -0.2) is 4.98 Å². The normalized spacial score (nSPS) is 11.7. The van der Waals surface area contributed by atoms with Crippen LogP contribution in [0.3, 0.4) is 0 Å². The van der Waals surface area contributed by atoms with Crippen molar-refractivity contribution in [3.8, 4) is 28.7 Å². The molecule has 0 aliphatic carbocycles. The third-order valence-electron chi connectivity index (χ3n) is 7.06. The minimum atomic E-state index is 0.614. The van der Waals surface area contributed by atoms with Gasteiger partial charge in [-0.2, -0.15) is 9.97 Å². The van der Waals surface area contributed by atoms with Crippen LogP contribution in [-0.2, 0) is 0 Å². The summed E-state index contributed by atoms with van der Waals surface area (Å²) >= 11 is 1.84. The zero-order chi connectivity index (χ0) is 25.1. The molecule has 3 heterocycles. The van der Waals surface area contributed by atoms with Crippen LogP contribution in [-0.4, -0.2) is 19.5 Å². The molecule has 8 aromatic rings. The highest BCUT2D eigenvalue weighted by Gasteiger charge is 2.20. The van der Waals surface area contributed by atoms with Gasteiger partial charge in [0.2, 0.25) is 5.95 Å². The first-order chi connectivity index (χ1) is 18.8. The summed E-state index contributed by atoms with van der Waals surface area (Å²) in [5.74, 6) is 1.92. The monoisotopic (exact) mass is 504 g/mol. The summed E-state index contributed by atoms with van der Waals surface area (Å²) in [5, 5.41) is 5.00. The largest absolute Gasteiger partial charge is 0.278 e. The lowest BCUT2D eigenvalue weighted by Crippen LogP contribution is -2.06. The second-order valence-electron chi connectivity index (χ2n) is 9.30. The molecule has 0 aliphatic heterocycles. The first kappa shape index (κ1) is 21.2. The predicted molar refractivity (Wildman–Crippen MR) is 158 cm³/mol. The molecular weight excluding hydrogens is 484 g/mol. The number of para-hydroxylation sites is 1. The fourth-order valence-electron chi connectivity index (χ4n) is 5.39. The van der Waals surface area contributed by atoms with Crippen molar-refractivity contribution >= 4 is 53.3 Å². The van der Waals surface area contributed by atoms with Crippen molar-refractivity contribution in [1.29, 1.82) is 0 Å². The Bertz CT molecular complexity index is 2070. The van der Waals surface area contributed by atoms with Gasteiger partial charge in [-0.1, -0.05) is 97.1 Å². The van der Waals surface area contributed by atoms with Gasteiger partial charge in [0, 0.05) is 42.1 Å². The fraction of sp³-hybridized carbons (Fsp3) is 0. The van der Waals surface area contributed by atoms with Crippen LogP contribution in [0.5, 0.6) is 0 Å². The van der Waals surface area contributed by atoms with Gasteiger partial charge in [0.15, 0.2) is 11.6 Å². The van der Waals surface area contributed by atoms with E-state index in [2.05, 4.69) is 65.2 Å². The molecule has 5 heteroatoms. The lowest BCUT2D eigenvalue weighted by Gasteiger charge is -2.10. The highest BCUT2D eigenvalue weighted by atomic mass is 32.1. The lowest BCUT2D eigenvalue weighted by molar-refractivity contribution is 0.953. The average Bonchev–Trinajstić information content (AvgIpc) is 3.53. The van der Waals surface area contributed by atoms with Crippen molar-refractivity contribution in [3.63, 3.8) is 0 Å². The maximum atomic E-state index is 5.05. The minimum absolute atomic E-state index is 0.614. The molecule has 178 valence electrons. The van der Waals surface area contributed by atoms with Gasteiger partial charge in [-0.15, -0.1) is 11.3 Å². The molecule has 0 aliphatic rings. The molecular formula is C33H20N4S. The van der Waals surface area contributed by atoms with Gasteiger partial charge >= 0.3 is 0 Å². The number of thiophene rings is 1. The minimum Gasteiger partial charge on any atom is -0.278 e. The van der Waals surface area contributed by atoms with Crippen molar-refractivity contribution in [2.45, 2.75) is 0 Å². The van der Waals surface area contributed by atoms with Gasteiger partial charge in [-0.05, 0) is 24.3 Å². The van der Waals surface area contributed by atoms with Gasteiger partial charge in [0.25, 0.3) is 0 Å². The van der Waals surface area contributed by atoms with Crippen LogP contribution in [0.25, 0.3) is 70.7 Å². The molecule has 0 spiro atoms. The third kappa shape index (κ3) is 3.19. The number of benzene rings is 5. The summed E-state index contributed by atoms with van der Waals surface area (Å²) < 4.78 is 4.77. The second-order valence-corrected chi connectivity index (χ2v) is 10.4. The van der Waals surface area contributed by atoms with E-state index in [0.717, 1.165) is 22.2 Å². The third-order valence-corrected chi connectivity index (χ3v) is 8.20. The van der Waals surface area contributed by atoms with E-state index in [1.807, 2.05) is 72.0 Å². The molecule has 0 N–H and O–H groups in total. The van der Waals surface area contributed by atoms with Crippen LogP contribution >= 0.6 is 11.3 Å². The van der Waals surface area contributed by atoms with E-state index in [4.69, 9.17) is 15.0 Å². The molecule has 0 fully saturated rings. The Labute approximate surface area is 222 Å². The topological polar surface area (TPSA) is 43.6 Å². The zero-order valence-corrected chi connectivity index (χ0v) is 21.1. The Morgan fingerprint density at radius 2 is 1.05 bits per heavy atom. The molecule has 3 aromatic heterocycles. The molecule has 0 amide bonds. The molecule has 4 nitrogen and oxygen atoms in total. The molecule has 8 rings (SSSR count). The van der Waals surface area contributed by atoms with Crippen molar-refractivity contribution in [1.82, 2.24) is 19.5 Å². The smallest absolute Gasteiger partial charge is 0.238 e. The summed E-state index contributed by atoms with van der Waals surface area (Å²) in [6, 6.07) is 41.9. The molecule has 0 radical (unpaired) electrons. The highest BCUT2D eigenvalue weighted by molar-refractivity contribution is 7.26. The van der Waals surface area contributed by atoms with Gasteiger partial charge in [-0.3, -0.25) is 4.57 Å². The number of fused-ring (bicyclic) bond motifs is 7. The Morgan fingerprint density at radius 1 is 0.447 bits per heavy atom. The maximum Gasteiger partial charge on any atom is 0.238 e. The molecule has 38 heavy (non-hydrogen) atoms. The molecule has 5 aromatic carbocycles. The first-order valence-electron chi connectivity index (χ1n) is 12.6. The van der Waals surface area contributed by atoms with E-state index in [9.17, 15) is 0 Å². The summed E-state index contributed by atoms with van der Waals surface area (Å²) in [7, 11) is 0. The second kappa shape index (κ2) is 8.33. The Hall–Kier alpha value is -4.87. The number of nitrogens with zero attached hydrogens (tertiary/aromatic N) is 4. The SMILES string of the molecule is c1ccc(-c2nc(-c3ccccc3)nc(-n3c4ccccc4c4c5c(ccc43)sc3ccccc35)n2)cc1. The number of hydrogen-bond donors (Lipinski definition) is 0. The first-order valence-corrected chi connectivity index (χ1v) is 13.4. The van der Waals surface area contributed by atoms with E-state index in [0.29, 0.717) is 17.6 Å². The van der Waals surface area contributed by atoms with Crippen LogP contribution in [0.1, 0.15) is 0 Å². The van der Waals surface area contributed by atoms with E-state index < -0.39 is 0 Å². The predicted octanol–water partition coefficient (Wildman–Crippen LogP) is 8.67. The summed E-state index contributed by atoms with van der Waals surface area (Å²) in [5.41, 5.74) is 4.08. The molecule has 0 atom stereocenters. The Balaban J connectivity index is 1.51. The van der Waals surface area contributed by atoms with Crippen molar-refractivity contribution in [2.75, 3.05) is 0 Å². The number of aromatic nitrogens is 4. The van der Waals surface area contributed by atoms with Crippen molar-refractivity contribution < 1.29 is 0 Å². The summed E-state index contributed by atoms with van der Waals surface area (Å²) in [6.07, 6.45) is 0. The number of rotatable bonds is 3. The van der Waals surface area contributed by atoms with Gasteiger partial charge in [0.1, 0.15) is 0 Å². The summed E-state index contributed by atoms with van der Waals surface area (Å²) in [4.78, 5) is 15.0. The lowest BCUT2D eigenvalue weighted by atomic mass is 10.1. The number of hydrogen-bond acceptors (Lipinski definition) is 4. The van der Waals surface area contributed by atoms with E-state index >= 15 is 0 Å². The van der Waals surface area contributed by atoms with E-state index in [1.165, 1.54) is 30.9 Å². The molecule has 0 saturated heterocycles. The maximum absolute atomic E-state index is 5.05. The molecule has 0 bridgehead atoms. The van der Waals surface area contributed by atoms with Crippen molar-refractivity contribution in [3.05, 3.63) is 121 Å². The highest BCUT2D eigenvalue weighted by Crippen LogP contribution is 2.43. The molecule has 0 unspecified atom stereocenters.